The highest BCUT2D eigenvalue weighted by Crippen LogP contribution is 2.22. The quantitative estimate of drug-likeness (QED) is 0.798. The van der Waals surface area contributed by atoms with E-state index in [9.17, 15) is 9.59 Å². The molecule has 20 heavy (non-hydrogen) atoms. The van der Waals surface area contributed by atoms with Crippen LogP contribution in [0.5, 0.6) is 0 Å². The number of carbonyl (C=O) groups is 2. The van der Waals surface area contributed by atoms with Crippen molar-refractivity contribution >= 4 is 29.3 Å². The van der Waals surface area contributed by atoms with E-state index in [1.165, 1.54) is 18.2 Å². The van der Waals surface area contributed by atoms with Crippen LogP contribution in [0.1, 0.15) is 38.1 Å². The van der Waals surface area contributed by atoms with Gasteiger partial charge in [-0.2, -0.15) is 0 Å². The van der Waals surface area contributed by atoms with Gasteiger partial charge in [0.05, 0.1) is 10.6 Å². The summed E-state index contributed by atoms with van der Waals surface area (Å²) < 4.78 is 0. The van der Waals surface area contributed by atoms with Crippen LogP contribution in [-0.4, -0.2) is 23.1 Å². The Morgan fingerprint density at radius 1 is 1.30 bits per heavy atom. The van der Waals surface area contributed by atoms with Crippen LogP contribution in [-0.2, 0) is 0 Å². The Labute approximate surface area is 123 Å². The van der Waals surface area contributed by atoms with Gasteiger partial charge in [0, 0.05) is 11.7 Å². The first-order valence-electron chi connectivity index (χ1n) is 6.21. The van der Waals surface area contributed by atoms with E-state index in [2.05, 4.69) is 10.6 Å². The first-order chi connectivity index (χ1) is 9.11. The number of halogens is 1. The van der Waals surface area contributed by atoms with E-state index in [-0.39, 0.29) is 28.1 Å². The number of hydrogen-bond donors (Lipinski definition) is 3. The molecule has 1 aromatic rings. The number of amides is 2. The third-order valence-corrected chi connectivity index (χ3v) is 3.42. The van der Waals surface area contributed by atoms with Gasteiger partial charge in [-0.25, -0.2) is 9.59 Å². The molecular formula is C14H19ClN2O3. The average molecular weight is 299 g/mol. The fourth-order valence-corrected chi connectivity index (χ4v) is 1.61. The van der Waals surface area contributed by atoms with Crippen LogP contribution < -0.4 is 10.6 Å². The average Bonchev–Trinajstić information content (AvgIpc) is 2.26. The minimum absolute atomic E-state index is 0.000634. The van der Waals surface area contributed by atoms with Gasteiger partial charge in [0.15, 0.2) is 0 Å². The molecule has 0 aliphatic carbocycles. The summed E-state index contributed by atoms with van der Waals surface area (Å²) in [5, 5.41) is 14.4. The van der Waals surface area contributed by atoms with E-state index < -0.39 is 5.97 Å². The first-order valence-corrected chi connectivity index (χ1v) is 6.59. The molecule has 3 N–H and O–H groups in total. The second-order valence-corrected chi connectivity index (χ2v) is 6.09. The molecule has 0 heterocycles. The smallest absolute Gasteiger partial charge is 0.337 e. The second kappa shape index (κ2) is 6.13. The van der Waals surface area contributed by atoms with E-state index >= 15 is 0 Å². The Bertz CT molecular complexity index is 524. The summed E-state index contributed by atoms with van der Waals surface area (Å²) in [6.45, 7) is 7.99. The topological polar surface area (TPSA) is 78.4 Å². The molecule has 0 aliphatic rings. The van der Waals surface area contributed by atoms with Crippen molar-refractivity contribution in [1.82, 2.24) is 5.32 Å². The number of carbonyl (C=O) groups excluding carboxylic acids is 1. The zero-order valence-corrected chi connectivity index (χ0v) is 12.7. The zero-order chi connectivity index (χ0) is 15.5. The SMILES string of the molecule is CC(NC(=O)Nc1ccc(C(=O)O)c(Cl)c1)C(C)(C)C. The van der Waals surface area contributed by atoms with Crippen molar-refractivity contribution in [2.75, 3.05) is 5.32 Å². The summed E-state index contributed by atoms with van der Waals surface area (Å²) in [7, 11) is 0. The van der Waals surface area contributed by atoms with Crippen LogP contribution in [0.3, 0.4) is 0 Å². The summed E-state index contributed by atoms with van der Waals surface area (Å²) in [6, 6.07) is 3.89. The first kappa shape index (κ1) is 16.3. The van der Waals surface area contributed by atoms with E-state index in [1.807, 2.05) is 27.7 Å². The minimum Gasteiger partial charge on any atom is -0.478 e. The fraction of sp³-hybridized carbons (Fsp3) is 0.429. The maximum atomic E-state index is 11.8. The predicted molar refractivity (Wildman–Crippen MR) is 79.5 cm³/mol. The van der Waals surface area contributed by atoms with Crippen LogP contribution >= 0.6 is 11.6 Å². The number of rotatable bonds is 3. The van der Waals surface area contributed by atoms with Gasteiger partial charge >= 0.3 is 12.0 Å². The number of benzene rings is 1. The summed E-state index contributed by atoms with van der Waals surface area (Å²) in [5.74, 6) is -1.10. The van der Waals surface area contributed by atoms with Crippen molar-refractivity contribution in [1.29, 1.82) is 0 Å². The molecule has 1 rings (SSSR count). The number of carboxylic acids is 1. The Morgan fingerprint density at radius 3 is 2.35 bits per heavy atom. The molecule has 5 nitrogen and oxygen atoms in total. The summed E-state index contributed by atoms with van der Waals surface area (Å²) in [6.07, 6.45) is 0. The van der Waals surface area contributed by atoms with Crippen molar-refractivity contribution in [2.24, 2.45) is 5.41 Å². The van der Waals surface area contributed by atoms with Gasteiger partial charge in [-0.1, -0.05) is 32.4 Å². The van der Waals surface area contributed by atoms with Gasteiger partial charge in [0.25, 0.3) is 0 Å². The van der Waals surface area contributed by atoms with E-state index in [4.69, 9.17) is 16.7 Å². The fourth-order valence-electron chi connectivity index (χ4n) is 1.35. The van der Waals surface area contributed by atoms with Crippen molar-refractivity contribution in [3.8, 4) is 0 Å². The molecule has 0 saturated carbocycles. The Balaban J connectivity index is 2.72. The van der Waals surface area contributed by atoms with Crippen LogP contribution in [0.2, 0.25) is 5.02 Å². The van der Waals surface area contributed by atoms with Crippen molar-refractivity contribution in [3.63, 3.8) is 0 Å². The molecule has 0 saturated heterocycles. The number of urea groups is 1. The van der Waals surface area contributed by atoms with Gasteiger partial charge in [0.1, 0.15) is 0 Å². The molecule has 0 aromatic heterocycles. The third-order valence-electron chi connectivity index (χ3n) is 3.10. The lowest BCUT2D eigenvalue weighted by atomic mass is 9.88. The normalized spacial score (nSPS) is 12.7. The van der Waals surface area contributed by atoms with Gasteiger partial charge in [-0.3, -0.25) is 0 Å². The van der Waals surface area contributed by atoms with Crippen LogP contribution in [0.15, 0.2) is 18.2 Å². The molecule has 1 unspecified atom stereocenters. The molecule has 0 fully saturated rings. The van der Waals surface area contributed by atoms with Crippen molar-refractivity contribution < 1.29 is 14.7 Å². The second-order valence-electron chi connectivity index (χ2n) is 5.69. The van der Waals surface area contributed by atoms with Crippen molar-refractivity contribution in [2.45, 2.75) is 33.7 Å². The van der Waals surface area contributed by atoms with E-state index in [0.717, 1.165) is 0 Å². The summed E-state index contributed by atoms with van der Waals surface area (Å²) >= 11 is 5.83. The highest BCUT2D eigenvalue weighted by molar-refractivity contribution is 6.33. The maximum Gasteiger partial charge on any atom is 0.337 e. The lowest BCUT2D eigenvalue weighted by Crippen LogP contribution is -2.43. The highest BCUT2D eigenvalue weighted by atomic mass is 35.5. The van der Waals surface area contributed by atoms with Gasteiger partial charge in [-0.15, -0.1) is 0 Å². The number of carboxylic acid groups (broad SMARTS) is 1. The molecule has 2 amide bonds. The van der Waals surface area contributed by atoms with Crippen LogP contribution in [0.25, 0.3) is 0 Å². The lowest BCUT2D eigenvalue weighted by Gasteiger charge is -2.28. The predicted octanol–water partition coefficient (Wildman–Crippen LogP) is 3.59. The van der Waals surface area contributed by atoms with Crippen molar-refractivity contribution in [3.05, 3.63) is 28.8 Å². The Morgan fingerprint density at radius 2 is 1.90 bits per heavy atom. The van der Waals surface area contributed by atoms with Crippen LogP contribution in [0, 0.1) is 5.41 Å². The standard InChI is InChI=1S/C14H19ClN2O3/c1-8(14(2,3)4)16-13(20)17-9-5-6-10(12(18)19)11(15)7-9/h5-8H,1-4H3,(H,18,19)(H2,16,17,20). The number of nitrogens with one attached hydrogen (secondary N) is 2. The third kappa shape index (κ3) is 4.42. The maximum absolute atomic E-state index is 11.8. The molecule has 1 atom stereocenters. The molecule has 110 valence electrons. The van der Waals surface area contributed by atoms with E-state index in [1.54, 1.807) is 0 Å². The molecule has 0 aliphatic heterocycles. The lowest BCUT2D eigenvalue weighted by molar-refractivity contribution is 0.0697. The van der Waals surface area contributed by atoms with Crippen LogP contribution in [0.4, 0.5) is 10.5 Å². The molecule has 0 spiro atoms. The van der Waals surface area contributed by atoms with Gasteiger partial charge in [-0.05, 0) is 30.5 Å². The summed E-state index contributed by atoms with van der Waals surface area (Å²) in [5.41, 5.74) is 0.390. The molecule has 0 radical (unpaired) electrons. The largest absolute Gasteiger partial charge is 0.478 e. The molecule has 6 heteroatoms. The molecular weight excluding hydrogens is 280 g/mol. The molecule has 0 bridgehead atoms. The number of anilines is 1. The van der Waals surface area contributed by atoms with Gasteiger partial charge in [0.2, 0.25) is 0 Å². The zero-order valence-electron chi connectivity index (χ0n) is 12.0. The summed E-state index contributed by atoms with van der Waals surface area (Å²) in [4.78, 5) is 22.6. The monoisotopic (exact) mass is 298 g/mol. The van der Waals surface area contributed by atoms with Gasteiger partial charge < -0.3 is 15.7 Å². The number of aromatic carboxylic acids is 1. The van der Waals surface area contributed by atoms with E-state index in [0.29, 0.717) is 5.69 Å². The highest BCUT2D eigenvalue weighted by Gasteiger charge is 2.21. The number of hydrogen-bond acceptors (Lipinski definition) is 2. The minimum atomic E-state index is -1.10. The Hall–Kier alpha value is -1.75. The Kier molecular flexibility index (Phi) is 5.00. The molecule has 1 aromatic carbocycles.